The summed E-state index contributed by atoms with van der Waals surface area (Å²) in [5.41, 5.74) is 4.82. The Balaban J connectivity index is 1.12. The number of halogens is 1. The molecule has 8 nitrogen and oxygen atoms in total. The minimum atomic E-state index is -3.51. The number of benzene rings is 2. The third-order valence-corrected chi connectivity index (χ3v) is 9.60. The van der Waals surface area contributed by atoms with E-state index in [4.69, 9.17) is 4.74 Å². The number of anilines is 1. The van der Waals surface area contributed by atoms with E-state index in [0.717, 1.165) is 54.1 Å². The molecule has 0 atom stereocenters. The van der Waals surface area contributed by atoms with Gasteiger partial charge in [0.25, 0.3) is 0 Å². The third kappa shape index (κ3) is 5.71. The SMILES string of the molecule is CC(C)c1ccc(-c2cnc(N3CCC(Oc4ncnc5c(-c6ccc(S(C)(=O)=O)cc6F)csc45)CC3)nc2)cc1. The number of hydrogen-bond acceptors (Lipinski definition) is 9. The molecule has 2 aromatic carbocycles. The number of aromatic nitrogens is 4. The van der Waals surface area contributed by atoms with Gasteiger partial charge in [-0.1, -0.05) is 44.2 Å². The van der Waals surface area contributed by atoms with Gasteiger partial charge in [0.1, 0.15) is 22.9 Å². The van der Waals surface area contributed by atoms with Gasteiger partial charge >= 0.3 is 0 Å². The van der Waals surface area contributed by atoms with Gasteiger partial charge in [-0.05, 0) is 29.2 Å². The van der Waals surface area contributed by atoms with Crippen molar-refractivity contribution in [1.82, 2.24) is 19.9 Å². The molecular formula is C31H30FN5O3S2. The summed E-state index contributed by atoms with van der Waals surface area (Å²) < 4.78 is 45.6. The van der Waals surface area contributed by atoms with Crippen LogP contribution in [0, 0.1) is 5.82 Å². The van der Waals surface area contributed by atoms with Gasteiger partial charge < -0.3 is 9.64 Å². The Labute approximate surface area is 248 Å². The zero-order chi connectivity index (χ0) is 29.4. The molecule has 0 saturated carbocycles. The maximum atomic E-state index is 14.9. The van der Waals surface area contributed by atoms with Crippen LogP contribution in [-0.2, 0) is 9.84 Å². The van der Waals surface area contributed by atoms with Gasteiger partial charge in [-0.2, -0.15) is 0 Å². The number of sulfone groups is 1. The van der Waals surface area contributed by atoms with Crippen LogP contribution in [-0.4, -0.2) is 53.8 Å². The van der Waals surface area contributed by atoms with Gasteiger partial charge in [-0.15, -0.1) is 11.3 Å². The van der Waals surface area contributed by atoms with Crippen LogP contribution in [0.15, 0.2) is 71.5 Å². The highest BCUT2D eigenvalue weighted by molar-refractivity contribution is 7.90. The summed E-state index contributed by atoms with van der Waals surface area (Å²) in [5.74, 6) is 1.04. The van der Waals surface area contributed by atoms with E-state index < -0.39 is 15.7 Å². The van der Waals surface area contributed by atoms with E-state index in [1.54, 1.807) is 5.38 Å². The quantitative estimate of drug-likeness (QED) is 0.207. The molecule has 1 fully saturated rings. The average molecular weight is 604 g/mol. The van der Waals surface area contributed by atoms with Gasteiger partial charge in [0.2, 0.25) is 11.8 Å². The van der Waals surface area contributed by atoms with Crippen molar-refractivity contribution in [3.63, 3.8) is 0 Å². The van der Waals surface area contributed by atoms with Crippen LogP contribution in [0.1, 0.15) is 38.2 Å². The molecule has 0 N–H and O–H groups in total. The Morgan fingerprint density at radius 2 is 1.67 bits per heavy atom. The first kappa shape index (κ1) is 28.2. The molecule has 1 aliphatic rings. The summed E-state index contributed by atoms with van der Waals surface area (Å²) in [6.07, 6.45) is 7.71. The maximum absolute atomic E-state index is 14.9. The van der Waals surface area contributed by atoms with Gasteiger partial charge in [-0.25, -0.2) is 32.7 Å². The van der Waals surface area contributed by atoms with E-state index in [1.165, 1.54) is 35.4 Å². The van der Waals surface area contributed by atoms with Gasteiger partial charge in [-0.3, -0.25) is 0 Å². The Morgan fingerprint density at radius 1 is 0.952 bits per heavy atom. The van der Waals surface area contributed by atoms with Crippen LogP contribution in [0.5, 0.6) is 5.88 Å². The molecule has 0 unspecified atom stereocenters. The predicted molar refractivity (Wildman–Crippen MR) is 163 cm³/mol. The second-order valence-corrected chi connectivity index (χ2v) is 13.7. The first-order chi connectivity index (χ1) is 20.2. The third-order valence-electron chi connectivity index (χ3n) is 7.53. The molecule has 5 aromatic rings. The summed E-state index contributed by atoms with van der Waals surface area (Å²) in [5, 5.41) is 1.80. The van der Waals surface area contributed by atoms with E-state index in [2.05, 4.69) is 62.9 Å². The highest BCUT2D eigenvalue weighted by atomic mass is 32.2. The number of rotatable bonds is 7. The molecule has 6 rings (SSSR count). The highest BCUT2D eigenvalue weighted by Gasteiger charge is 2.25. The summed E-state index contributed by atoms with van der Waals surface area (Å²) >= 11 is 1.38. The Kier molecular flexibility index (Phi) is 7.63. The number of piperidine rings is 1. The zero-order valence-electron chi connectivity index (χ0n) is 23.5. The van der Waals surface area contributed by atoms with Crippen molar-refractivity contribution in [2.24, 2.45) is 0 Å². The molecule has 1 saturated heterocycles. The molecule has 4 heterocycles. The Hall–Kier alpha value is -3.96. The maximum Gasteiger partial charge on any atom is 0.235 e. The summed E-state index contributed by atoms with van der Waals surface area (Å²) in [7, 11) is -3.51. The van der Waals surface area contributed by atoms with E-state index in [9.17, 15) is 12.8 Å². The zero-order valence-corrected chi connectivity index (χ0v) is 25.1. The molecule has 0 spiro atoms. The average Bonchev–Trinajstić information content (AvgIpc) is 3.42. The lowest BCUT2D eigenvalue weighted by Gasteiger charge is -2.31. The van der Waals surface area contributed by atoms with Crippen LogP contribution in [0.4, 0.5) is 10.3 Å². The summed E-state index contributed by atoms with van der Waals surface area (Å²) in [4.78, 5) is 20.1. The van der Waals surface area contributed by atoms with Crippen molar-refractivity contribution in [2.45, 2.75) is 43.6 Å². The molecule has 0 radical (unpaired) electrons. The molecule has 42 heavy (non-hydrogen) atoms. The topological polar surface area (TPSA) is 98.2 Å². The monoisotopic (exact) mass is 603 g/mol. The normalized spacial score (nSPS) is 14.5. The largest absolute Gasteiger partial charge is 0.473 e. The molecule has 11 heteroatoms. The van der Waals surface area contributed by atoms with Crippen LogP contribution in [0.3, 0.4) is 0 Å². The fourth-order valence-corrected chi connectivity index (χ4v) is 6.66. The molecule has 1 aliphatic heterocycles. The molecule has 0 aliphatic carbocycles. The highest BCUT2D eigenvalue weighted by Crippen LogP contribution is 2.38. The molecule has 0 amide bonds. The van der Waals surface area contributed by atoms with E-state index >= 15 is 0 Å². The van der Waals surface area contributed by atoms with Gasteiger partial charge in [0.05, 0.1) is 10.4 Å². The lowest BCUT2D eigenvalue weighted by atomic mass is 10.00. The number of hydrogen-bond donors (Lipinski definition) is 0. The van der Waals surface area contributed by atoms with E-state index in [-0.39, 0.29) is 16.6 Å². The van der Waals surface area contributed by atoms with Crippen molar-refractivity contribution in [2.75, 3.05) is 24.2 Å². The first-order valence-corrected chi connectivity index (χ1v) is 16.5. The Morgan fingerprint density at radius 3 is 2.31 bits per heavy atom. The van der Waals surface area contributed by atoms with Crippen LogP contribution in [0.25, 0.3) is 32.5 Å². The minimum absolute atomic E-state index is 0.0468. The molecule has 3 aromatic heterocycles. The van der Waals surface area contributed by atoms with Crippen molar-refractivity contribution in [3.05, 3.63) is 77.9 Å². The predicted octanol–water partition coefficient (Wildman–Crippen LogP) is 6.53. The van der Waals surface area contributed by atoms with E-state index in [0.29, 0.717) is 28.8 Å². The van der Waals surface area contributed by atoms with Crippen LogP contribution >= 0.6 is 11.3 Å². The second kappa shape index (κ2) is 11.4. The van der Waals surface area contributed by atoms with Crippen molar-refractivity contribution in [1.29, 1.82) is 0 Å². The number of nitrogens with zero attached hydrogens (tertiary/aromatic N) is 5. The first-order valence-electron chi connectivity index (χ1n) is 13.7. The van der Waals surface area contributed by atoms with Crippen molar-refractivity contribution < 1.29 is 17.5 Å². The van der Waals surface area contributed by atoms with Gasteiger partial charge in [0, 0.05) is 66.7 Å². The lowest BCUT2D eigenvalue weighted by molar-refractivity contribution is 0.166. The number of thiophene rings is 1. The number of ether oxygens (including phenoxy) is 1. The molecule has 0 bridgehead atoms. The van der Waals surface area contributed by atoms with Crippen molar-refractivity contribution >= 4 is 37.3 Å². The summed E-state index contributed by atoms with van der Waals surface area (Å²) in [6, 6.07) is 12.5. The van der Waals surface area contributed by atoms with E-state index in [1.807, 2.05) is 12.4 Å². The molecular weight excluding hydrogens is 574 g/mol. The standard InChI is InChI=1S/C31H30FN5O3S2/c1-19(2)20-4-6-21(7-5-20)22-15-33-31(34-16-22)37-12-10-23(11-13-37)40-30-29-28(35-18-36-30)26(17-41-29)25-9-8-24(14-27(25)32)42(3,38)39/h4-9,14-19,23H,10-13H2,1-3H3. The fourth-order valence-electron chi connectivity index (χ4n) is 5.07. The minimum Gasteiger partial charge on any atom is -0.473 e. The number of fused-ring (bicyclic) bond motifs is 1. The van der Waals surface area contributed by atoms with Crippen LogP contribution < -0.4 is 9.64 Å². The van der Waals surface area contributed by atoms with Crippen LogP contribution in [0.2, 0.25) is 0 Å². The fraction of sp³-hybridized carbons (Fsp3) is 0.290. The van der Waals surface area contributed by atoms with Gasteiger partial charge in [0.15, 0.2) is 9.84 Å². The summed E-state index contributed by atoms with van der Waals surface area (Å²) in [6.45, 7) is 5.85. The molecule has 216 valence electrons. The Bertz CT molecular complexity index is 1830. The smallest absolute Gasteiger partial charge is 0.235 e. The lowest BCUT2D eigenvalue weighted by Crippen LogP contribution is -2.39. The second-order valence-electron chi connectivity index (χ2n) is 10.8. The van der Waals surface area contributed by atoms with Crippen molar-refractivity contribution in [3.8, 4) is 28.1 Å².